The van der Waals surface area contributed by atoms with E-state index >= 15 is 0 Å². The van der Waals surface area contributed by atoms with Crippen molar-refractivity contribution in [3.05, 3.63) is 35.9 Å². The van der Waals surface area contributed by atoms with Gasteiger partial charge in [-0.1, -0.05) is 18.2 Å². The second kappa shape index (κ2) is 5.11. The van der Waals surface area contributed by atoms with Gasteiger partial charge < -0.3 is 10.2 Å². The van der Waals surface area contributed by atoms with Crippen LogP contribution in [0.3, 0.4) is 0 Å². The fraction of sp³-hybridized carbons (Fsp3) is 0.167. The summed E-state index contributed by atoms with van der Waals surface area (Å²) in [5.74, 6) is -2.49. The average molecular weight is 220 g/mol. The minimum Gasteiger partial charge on any atom is -0.508 e. The Balaban J connectivity index is 2.70. The Hall–Kier alpha value is -2.10. The van der Waals surface area contributed by atoms with E-state index in [4.69, 9.17) is 10.2 Å². The van der Waals surface area contributed by atoms with Gasteiger partial charge in [0.25, 0.3) is 0 Å². The number of phenols is 1. The Kier molecular flexibility index (Phi) is 3.83. The van der Waals surface area contributed by atoms with Crippen LogP contribution in [0.15, 0.2) is 30.3 Å². The number of ketones is 1. The molecule has 16 heavy (non-hydrogen) atoms. The zero-order valence-corrected chi connectivity index (χ0v) is 8.75. The smallest absolute Gasteiger partial charge is 0.314 e. The Morgan fingerprint density at radius 2 is 1.81 bits per heavy atom. The lowest BCUT2D eigenvalue weighted by atomic mass is 10.1. The van der Waals surface area contributed by atoms with E-state index in [0.29, 0.717) is 0 Å². The summed E-state index contributed by atoms with van der Waals surface area (Å²) in [6, 6.07) is 6.24. The fourth-order valence-electron chi connectivity index (χ4n) is 1.03. The monoisotopic (exact) mass is 220 g/mol. The normalized spacial score (nSPS) is 12.6. The van der Waals surface area contributed by atoms with Crippen LogP contribution in [0.25, 0.3) is 6.08 Å². The molecule has 4 heteroatoms. The van der Waals surface area contributed by atoms with Crippen LogP contribution in [-0.2, 0) is 9.59 Å². The molecule has 1 aromatic carbocycles. The van der Waals surface area contributed by atoms with Crippen molar-refractivity contribution in [1.82, 2.24) is 0 Å². The number of allylic oxidation sites excluding steroid dienone is 1. The molecule has 1 rings (SSSR count). The SMILES string of the molecule is CC(C(=O)O)C(=O)/C=C/c1ccc(O)cc1. The summed E-state index contributed by atoms with van der Waals surface area (Å²) >= 11 is 0. The van der Waals surface area contributed by atoms with E-state index in [1.54, 1.807) is 12.1 Å². The van der Waals surface area contributed by atoms with Crippen molar-refractivity contribution in [3.8, 4) is 5.75 Å². The summed E-state index contributed by atoms with van der Waals surface area (Å²) in [5, 5.41) is 17.6. The van der Waals surface area contributed by atoms with E-state index in [2.05, 4.69) is 0 Å². The minimum absolute atomic E-state index is 0.141. The van der Waals surface area contributed by atoms with Crippen molar-refractivity contribution in [2.24, 2.45) is 5.92 Å². The van der Waals surface area contributed by atoms with Gasteiger partial charge in [0.2, 0.25) is 0 Å². The number of aliphatic carboxylic acids is 1. The lowest BCUT2D eigenvalue weighted by molar-refractivity contribution is -0.144. The predicted molar refractivity (Wildman–Crippen MR) is 58.9 cm³/mol. The first-order valence-corrected chi connectivity index (χ1v) is 4.74. The van der Waals surface area contributed by atoms with E-state index in [1.165, 1.54) is 31.2 Å². The molecule has 1 aromatic rings. The summed E-state index contributed by atoms with van der Waals surface area (Å²) in [5.41, 5.74) is 0.726. The molecule has 0 saturated heterocycles. The molecule has 0 aliphatic heterocycles. The third-order valence-corrected chi connectivity index (χ3v) is 2.13. The lowest BCUT2D eigenvalue weighted by Gasteiger charge is -1.99. The lowest BCUT2D eigenvalue weighted by Crippen LogP contribution is -2.18. The summed E-state index contributed by atoms with van der Waals surface area (Å²) < 4.78 is 0. The molecule has 0 radical (unpaired) electrons. The van der Waals surface area contributed by atoms with Gasteiger partial charge in [0.05, 0.1) is 0 Å². The van der Waals surface area contributed by atoms with Gasteiger partial charge in [-0.05, 0) is 30.7 Å². The molecule has 0 bridgehead atoms. The Bertz CT molecular complexity index is 417. The molecule has 0 fully saturated rings. The van der Waals surface area contributed by atoms with Crippen LogP contribution in [0, 0.1) is 5.92 Å². The van der Waals surface area contributed by atoms with Gasteiger partial charge >= 0.3 is 5.97 Å². The number of carbonyl (C=O) groups is 2. The van der Waals surface area contributed by atoms with Crippen LogP contribution < -0.4 is 0 Å². The molecule has 0 aliphatic rings. The Morgan fingerprint density at radius 3 is 2.31 bits per heavy atom. The first kappa shape index (κ1) is 12.0. The van der Waals surface area contributed by atoms with Crippen LogP contribution in [0.4, 0.5) is 0 Å². The third kappa shape index (κ3) is 3.24. The standard InChI is InChI=1S/C12H12O4/c1-8(12(15)16)11(14)7-4-9-2-5-10(13)6-3-9/h2-8,13H,1H3,(H,15,16)/b7-4+. The number of rotatable bonds is 4. The first-order chi connectivity index (χ1) is 7.50. The molecule has 84 valence electrons. The van der Waals surface area contributed by atoms with Gasteiger partial charge in [-0.15, -0.1) is 0 Å². The molecule has 1 unspecified atom stereocenters. The van der Waals surface area contributed by atoms with Crippen molar-refractivity contribution in [2.75, 3.05) is 0 Å². The highest BCUT2D eigenvalue weighted by atomic mass is 16.4. The zero-order chi connectivity index (χ0) is 12.1. The van der Waals surface area contributed by atoms with Crippen molar-refractivity contribution < 1.29 is 19.8 Å². The topological polar surface area (TPSA) is 74.6 Å². The molecular formula is C12H12O4. The van der Waals surface area contributed by atoms with Crippen molar-refractivity contribution in [1.29, 1.82) is 0 Å². The number of carbonyl (C=O) groups excluding carboxylic acids is 1. The van der Waals surface area contributed by atoms with E-state index in [-0.39, 0.29) is 5.75 Å². The zero-order valence-electron chi connectivity index (χ0n) is 8.75. The first-order valence-electron chi connectivity index (χ1n) is 4.74. The Morgan fingerprint density at radius 1 is 1.25 bits per heavy atom. The minimum atomic E-state index is -1.14. The van der Waals surface area contributed by atoms with E-state index in [1.807, 2.05) is 0 Å². The van der Waals surface area contributed by atoms with Gasteiger partial charge in [0.15, 0.2) is 5.78 Å². The van der Waals surface area contributed by atoms with Gasteiger partial charge in [0.1, 0.15) is 11.7 Å². The highest BCUT2D eigenvalue weighted by molar-refractivity contribution is 6.05. The Labute approximate surface area is 92.8 Å². The second-order valence-corrected chi connectivity index (χ2v) is 3.39. The van der Waals surface area contributed by atoms with Gasteiger partial charge in [-0.3, -0.25) is 9.59 Å². The summed E-state index contributed by atoms with van der Waals surface area (Å²) in [6.45, 7) is 1.34. The van der Waals surface area contributed by atoms with Crippen LogP contribution in [-0.4, -0.2) is 22.0 Å². The third-order valence-electron chi connectivity index (χ3n) is 2.13. The number of hydrogen-bond acceptors (Lipinski definition) is 3. The summed E-state index contributed by atoms with van der Waals surface area (Å²) in [4.78, 5) is 21.8. The molecule has 0 aromatic heterocycles. The maximum atomic E-state index is 11.3. The molecular weight excluding hydrogens is 208 g/mol. The number of phenolic OH excluding ortho intramolecular Hbond substituents is 1. The molecule has 0 heterocycles. The highest BCUT2D eigenvalue weighted by Crippen LogP contribution is 2.11. The van der Waals surface area contributed by atoms with E-state index in [0.717, 1.165) is 5.56 Å². The summed E-state index contributed by atoms with van der Waals surface area (Å²) in [6.07, 6.45) is 2.74. The van der Waals surface area contributed by atoms with Gasteiger partial charge in [0, 0.05) is 0 Å². The van der Waals surface area contributed by atoms with Crippen LogP contribution >= 0.6 is 0 Å². The number of benzene rings is 1. The number of carboxylic acids is 1. The number of hydrogen-bond donors (Lipinski definition) is 2. The van der Waals surface area contributed by atoms with E-state index in [9.17, 15) is 9.59 Å². The van der Waals surface area contributed by atoms with Gasteiger partial charge in [-0.25, -0.2) is 0 Å². The van der Waals surface area contributed by atoms with Crippen molar-refractivity contribution in [3.63, 3.8) is 0 Å². The van der Waals surface area contributed by atoms with Crippen LogP contribution in [0.5, 0.6) is 5.75 Å². The van der Waals surface area contributed by atoms with Gasteiger partial charge in [-0.2, -0.15) is 0 Å². The molecule has 0 aliphatic carbocycles. The molecule has 1 atom stereocenters. The molecule has 0 saturated carbocycles. The molecule has 0 spiro atoms. The van der Waals surface area contributed by atoms with Crippen molar-refractivity contribution >= 4 is 17.8 Å². The maximum Gasteiger partial charge on any atom is 0.314 e. The molecule has 4 nitrogen and oxygen atoms in total. The molecule has 0 amide bonds. The van der Waals surface area contributed by atoms with E-state index < -0.39 is 17.7 Å². The van der Waals surface area contributed by atoms with Crippen molar-refractivity contribution in [2.45, 2.75) is 6.92 Å². The van der Waals surface area contributed by atoms with Crippen LogP contribution in [0.1, 0.15) is 12.5 Å². The summed E-state index contributed by atoms with van der Waals surface area (Å²) in [7, 11) is 0. The number of aromatic hydroxyl groups is 1. The maximum absolute atomic E-state index is 11.3. The predicted octanol–water partition coefficient (Wildman–Crippen LogP) is 1.70. The number of carboxylic acid groups (broad SMARTS) is 1. The highest BCUT2D eigenvalue weighted by Gasteiger charge is 2.17. The fourth-order valence-corrected chi connectivity index (χ4v) is 1.03. The quantitative estimate of drug-likeness (QED) is 0.598. The molecule has 2 N–H and O–H groups in total. The average Bonchev–Trinajstić information content (AvgIpc) is 2.26. The largest absolute Gasteiger partial charge is 0.508 e. The van der Waals surface area contributed by atoms with Crippen LogP contribution in [0.2, 0.25) is 0 Å². The second-order valence-electron chi connectivity index (χ2n) is 3.39.